The van der Waals surface area contributed by atoms with Gasteiger partial charge in [0.25, 0.3) is 11.8 Å². The zero-order chi connectivity index (χ0) is 26.2. The number of rotatable bonds is 11. The van der Waals surface area contributed by atoms with Crippen molar-refractivity contribution in [2.45, 2.75) is 26.0 Å². The minimum absolute atomic E-state index is 0.0263. The number of amides is 1. The molecule has 0 aliphatic heterocycles. The molecule has 11 heteroatoms. The van der Waals surface area contributed by atoms with Gasteiger partial charge in [-0.2, -0.15) is 4.98 Å². The summed E-state index contributed by atoms with van der Waals surface area (Å²) in [5, 5.41) is 11.8. The van der Waals surface area contributed by atoms with Crippen molar-refractivity contribution in [2.75, 3.05) is 19.0 Å². The number of hydrogen-bond donors (Lipinski definition) is 3. The summed E-state index contributed by atoms with van der Waals surface area (Å²) in [5.41, 5.74) is 8.27. The first kappa shape index (κ1) is 26.5. The molecule has 190 valence electrons. The number of carboxylic acids is 1. The standard InChI is InChI=1S/C25H25F2N3O6/c1-3-21(25(32)33)36-24-20(27)11-19(26)23(30-24)35-18-9-16(15-6-4-5-14(7-15)12-28)8-17(10-18)29-22(31)13-34-2/h4-11,21H,3,12-13,28H2,1-2H3,(H,29,31)(H,32,33)/t21-/m1/s1. The fraction of sp³-hybridized carbons (Fsp3) is 0.240. The highest BCUT2D eigenvalue weighted by Crippen LogP contribution is 2.33. The molecule has 0 spiro atoms. The summed E-state index contributed by atoms with van der Waals surface area (Å²) >= 11 is 0. The van der Waals surface area contributed by atoms with Gasteiger partial charge in [0.1, 0.15) is 12.4 Å². The number of carbonyl (C=O) groups is 2. The molecule has 0 bridgehead atoms. The lowest BCUT2D eigenvalue weighted by atomic mass is 10.0. The summed E-state index contributed by atoms with van der Waals surface area (Å²) < 4.78 is 44.3. The average molecular weight is 501 g/mol. The van der Waals surface area contributed by atoms with E-state index >= 15 is 0 Å². The number of carboxylic acid groups (broad SMARTS) is 1. The van der Waals surface area contributed by atoms with Crippen molar-refractivity contribution in [3.63, 3.8) is 0 Å². The monoisotopic (exact) mass is 501 g/mol. The van der Waals surface area contributed by atoms with Crippen molar-refractivity contribution in [1.29, 1.82) is 0 Å². The van der Waals surface area contributed by atoms with Crippen LogP contribution in [0.2, 0.25) is 0 Å². The second kappa shape index (κ2) is 12.0. The first-order chi connectivity index (χ1) is 17.2. The molecule has 4 N–H and O–H groups in total. The first-order valence-electron chi connectivity index (χ1n) is 10.9. The fourth-order valence-corrected chi connectivity index (χ4v) is 3.25. The number of nitrogens with one attached hydrogen (secondary N) is 1. The largest absolute Gasteiger partial charge is 0.479 e. The molecule has 0 radical (unpaired) electrons. The second-order valence-corrected chi connectivity index (χ2v) is 7.65. The minimum Gasteiger partial charge on any atom is -0.479 e. The van der Waals surface area contributed by atoms with E-state index in [-0.39, 0.29) is 18.8 Å². The Labute approximate surface area is 205 Å². The van der Waals surface area contributed by atoms with E-state index in [2.05, 4.69) is 10.3 Å². The van der Waals surface area contributed by atoms with Gasteiger partial charge < -0.3 is 30.4 Å². The van der Waals surface area contributed by atoms with Crippen LogP contribution < -0.4 is 20.5 Å². The molecule has 1 atom stereocenters. The van der Waals surface area contributed by atoms with Gasteiger partial charge in [0.15, 0.2) is 17.7 Å². The van der Waals surface area contributed by atoms with Crippen LogP contribution in [-0.4, -0.2) is 41.8 Å². The summed E-state index contributed by atoms with van der Waals surface area (Å²) in [6, 6.07) is 12.5. The van der Waals surface area contributed by atoms with Crippen molar-refractivity contribution in [2.24, 2.45) is 5.73 Å². The van der Waals surface area contributed by atoms with E-state index in [0.717, 1.165) is 11.1 Å². The number of nitrogens with zero attached hydrogens (tertiary/aromatic N) is 1. The van der Waals surface area contributed by atoms with E-state index in [1.54, 1.807) is 12.1 Å². The molecule has 1 amide bonds. The lowest BCUT2D eigenvalue weighted by Crippen LogP contribution is -2.26. The van der Waals surface area contributed by atoms with Gasteiger partial charge in [0.2, 0.25) is 5.91 Å². The Morgan fingerprint density at radius 3 is 2.50 bits per heavy atom. The number of nitrogens with two attached hydrogens (primary N) is 1. The van der Waals surface area contributed by atoms with E-state index < -0.39 is 41.4 Å². The highest BCUT2D eigenvalue weighted by molar-refractivity contribution is 5.92. The van der Waals surface area contributed by atoms with E-state index in [9.17, 15) is 18.4 Å². The number of hydrogen-bond acceptors (Lipinski definition) is 7. The van der Waals surface area contributed by atoms with Crippen molar-refractivity contribution in [3.05, 3.63) is 65.7 Å². The maximum absolute atomic E-state index is 14.5. The zero-order valence-electron chi connectivity index (χ0n) is 19.6. The Morgan fingerprint density at radius 1 is 1.08 bits per heavy atom. The van der Waals surface area contributed by atoms with E-state index in [0.29, 0.717) is 23.9 Å². The van der Waals surface area contributed by atoms with Gasteiger partial charge in [-0.05, 0) is 41.3 Å². The molecular formula is C25H25F2N3O6. The number of benzene rings is 2. The number of methoxy groups -OCH3 is 1. The highest BCUT2D eigenvalue weighted by Gasteiger charge is 2.22. The summed E-state index contributed by atoms with van der Waals surface area (Å²) in [6.07, 6.45) is -1.36. The predicted octanol–water partition coefficient (Wildman–Crippen LogP) is 4.10. The maximum atomic E-state index is 14.5. The molecule has 1 aromatic heterocycles. The normalized spacial score (nSPS) is 11.6. The van der Waals surface area contributed by atoms with Gasteiger partial charge >= 0.3 is 5.97 Å². The number of pyridine rings is 1. The van der Waals surface area contributed by atoms with Gasteiger partial charge in [-0.1, -0.05) is 25.1 Å². The zero-order valence-corrected chi connectivity index (χ0v) is 19.6. The van der Waals surface area contributed by atoms with Crippen LogP contribution in [0.4, 0.5) is 14.5 Å². The van der Waals surface area contributed by atoms with Crippen molar-refractivity contribution in [3.8, 4) is 28.6 Å². The van der Waals surface area contributed by atoms with Gasteiger partial charge in [-0.3, -0.25) is 4.79 Å². The Bertz CT molecular complexity index is 1250. The molecule has 9 nitrogen and oxygen atoms in total. The van der Waals surface area contributed by atoms with Crippen molar-refractivity contribution in [1.82, 2.24) is 4.98 Å². The molecule has 0 aliphatic rings. The van der Waals surface area contributed by atoms with Crippen LogP contribution in [0.25, 0.3) is 11.1 Å². The van der Waals surface area contributed by atoms with Crippen LogP contribution in [0, 0.1) is 11.6 Å². The number of aliphatic carboxylic acids is 1. The lowest BCUT2D eigenvalue weighted by Gasteiger charge is -2.15. The first-order valence-corrected chi connectivity index (χ1v) is 10.9. The number of ether oxygens (including phenoxy) is 3. The quantitative estimate of drug-likeness (QED) is 0.358. The number of aromatic nitrogens is 1. The van der Waals surface area contributed by atoms with Crippen LogP contribution >= 0.6 is 0 Å². The third kappa shape index (κ3) is 6.74. The van der Waals surface area contributed by atoms with E-state index in [1.165, 1.54) is 20.1 Å². The van der Waals surface area contributed by atoms with Gasteiger partial charge in [-0.15, -0.1) is 0 Å². The van der Waals surface area contributed by atoms with Crippen molar-refractivity contribution < 1.29 is 37.7 Å². The fourth-order valence-electron chi connectivity index (χ4n) is 3.25. The van der Waals surface area contributed by atoms with Crippen LogP contribution in [0.5, 0.6) is 17.5 Å². The molecule has 36 heavy (non-hydrogen) atoms. The predicted molar refractivity (Wildman–Crippen MR) is 127 cm³/mol. The molecule has 0 saturated carbocycles. The Kier molecular flexibility index (Phi) is 8.87. The Balaban J connectivity index is 2.01. The molecule has 0 unspecified atom stereocenters. The van der Waals surface area contributed by atoms with Crippen LogP contribution in [-0.2, 0) is 20.9 Å². The Morgan fingerprint density at radius 2 is 1.83 bits per heavy atom. The van der Waals surface area contributed by atoms with Gasteiger partial charge in [0.05, 0.1) is 0 Å². The third-order valence-electron chi connectivity index (χ3n) is 4.94. The molecule has 0 aliphatic carbocycles. The van der Waals surface area contributed by atoms with E-state index in [1.807, 2.05) is 24.3 Å². The molecule has 3 rings (SSSR count). The minimum atomic E-state index is -1.38. The summed E-state index contributed by atoms with van der Waals surface area (Å²) in [4.78, 5) is 27.0. The summed E-state index contributed by atoms with van der Waals surface area (Å²) in [6.45, 7) is 1.65. The molecule has 0 saturated heterocycles. The topological polar surface area (TPSA) is 133 Å². The Hall–Kier alpha value is -4.09. The number of carbonyl (C=O) groups excluding carboxylic acids is 1. The SMILES string of the molecule is CC[C@@H](Oc1nc(Oc2cc(NC(=O)COC)cc(-c3cccc(CN)c3)c2)c(F)cc1F)C(=O)O. The smallest absolute Gasteiger partial charge is 0.344 e. The summed E-state index contributed by atoms with van der Waals surface area (Å²) in [5.74, 6) is -5.38. The molecule has 1 heterocycles. The number of halogens is 2. The van der Waals surface area contributed by atoms with Gasteiger partial charge in [-0.25, -0.2) is 13.6 Å². The van der Waals surface area contributed by atoms with Crippen LogP contribution in [0.3, 0.4) is 0 Å². The lowest BCUT2D eigenvalue weighted by molar-refractivity contribution is -0.145. The van der Waals surface area contributed by atoms with Crippen molar-refractivity contribution >= 4 is 17.6 Å². The van der Waals surface area contributed by atoms with Gasteiger partial charge in [0, 0.05) is 31.5 Å². The van der Waals surface area contributed by atoms with Crippen LogP contribution in [0.1, 0.15) is 18.9 Å². The highest BCUT2D eigenvalue weighted by atomic mass is 19.1. The molecular weight excluding hydrogens is 476 g/mol. The maximum Gasteiger partial charge on any atom is 0.344 e. The third-order valence-corrected chi connectivity index (χ3v) is 4.94. The summed E-state index contributed by atoms with van der Waals surface area (Å²) in [7, 11) is 1.37. The molecule has 0 fully saturated rings. The second-order valence-electron chi connectivity index (χ2n) is 7.65. The van der Waals surface area contributed by atoms with Crippen LogP contribution in [0.15, 0.2) is 48.5 Å². The molecule has 3 aromatic rings. The average Bonchev–Trinajstić information content (AvgIpc) is 2.84. The number of anilines is 1. The van der Waals surface area contributed by atoms with E-state index in [4.69, 9.17) is 25.1 Å². The molecule has 2 aromatic carbocycles.